The maximum atomic E-state index is 13.0. The highest BCUT2D eigenvalue weighted by Crippen LogP contribution is 2.64. The summed E-state index contributed by atoms with van der Waals surface area (Å²) in [5.41, 5.74) is -0.111. The number of rotatable bonds is 6. The first-order valence-electron chi connectivity index (χ1n) is 10.1. The van der Waals surface area contributed by atoms with Crippen molar-refractivity contribution >= 4 is 33.1 Å². The highest BCUT2D eigenvalue weighted by molar-refractivity contribution is 7.92. The van der Waals surface area contributed by atoms with Crippen molar-refractivity contribution in [1.82, 2.24) is 0 Å². The van der Waals surface area contributed by atoms with Gasteiger partial charge in [-0.1, -0.05) is 13.8 Å². The minimum absolute atomic E-state index is 0.0356. The highest BCUT2D eigenvalue weighted by atomic mass is 32.2. The minimum Gasteiger partial charge on any atom is -0.494 e. The summed E-state index contributed by atoms with van der Waals surface area (Å²) in [5.74, 6) is 0.620. The molecular weight excluding hydrogens is 392 g/mol. The number of sulfonamides is 1. The number of hydrogen-bond acceptors (Lipinski definition) is 5. The van der Waals surface area contributed by atoms with Gasteiger partial charge in [0.2, 0.25) is 15.9 Å². The average molecular weight is 421 g/mol. The van der Waals surface area contributed by atoms with Crippen molar-refractivity contribution in [3.05, 3.63) is 18.2 Å². The number of fused-ring (bicyclic) bond motifs is 2. The average Bonchev–Trinajstić information content (AvgIpc) is 3.22. The van der Waals surface area contributed by atoms with Gasteiger partial charge in [-0.25, -0.2) is 8.42 Å². The molecule has 2 aliphatic carbocycles. The zero-order valence-corrected chi connectivity index (χ0v) is 18.0. The van der Waals surface area contributed by atoms with E-state index in [9.17, 15) is 18.0 Å². The zero-order valence-electron chi connectivity index (χ0n) is 17.2. The summed E-state index contributed by atoms with van der Waals surface area (Å²) >= 11 is 0. The second-order valence-corrected chi connectivity index (χ2v) is 10.8. The summed E-state index contributed by atoms with van der Waals surface area (Å²) < 4.78 is 34.0. The molecule has 1 amide bonds. The van der Waals surface area contributed by atoms with Crippen molar-refractivity contribution in [3.63, 3.8) is 0 Å². The maximum absolute atomic E-state index is 13.0. The third kappa shape index (κ3) is 3.12. The summed E-state index contributed by atoms with van der Waals surface area (Å²) in [6.45, 7) is 4.67. The van der Waals surface area contributed by atoms with Crippen LogP contribution < -0.4 is 14.4 Å². The second-order valence-electron chi connectivity index (χ2n) is 9.06. The number of benzene rings is 1. The Balaban J connectivity index is 1.57. The number of anilines is 2. The molecule has 8 heteroatoms. The topological polar surface area (TPSA) is 92.8 Å². The first-order valence-corrected chi connectivity index (χ1v) is 11.8. The van der Waals surface area contributed by atoms with E-state index < -0.39 is 15.4 Å². The number of nitrogens with one attached hydrogen (secondary N) is 1. The van der Waals surface area contributed by atoms with Gasteiger partial charge in [0.25, 0.3) is 0 Å². The van der Waals surface area contributed by atoms with E-state index in [1.54, 1.807) is 23.1 Å². The number of ketones is 1. The van der Waals surface area contributed by atoms with Gasteiger partial charge in [-0.2, -0.15) is 0 Å². The number of ether oxygens (including phenoxy) is 1. The molecule has 3 fully saturated rings. The van der Waals surface area contributed by atoms with Gasteiger partial charge in [0, 0.05) is 25.5 Å². The Hall–Kier alpha value is -2.09. The third-order valence-electron chi connectivity index (χ3n) is 7.39. The summed E-state index contributed by atoms with van der Waals surface area (Å²) in [4.78, 5) is 26.4. The van der Waals surface area contributed by atoms with Crippen LogP contribution in [0.2, 0.25) is 0 Å². The third-order valence-corrected chi connectivity index (χ3v) is 8.81. The molecule has 1 heterocycles. The van der Waals surface area contributed by atoms with Crippen molar-refractivity contribution in [3.8, 4) is 5.75 Å². The summed E-state index contributed by atoms with van der Waals surface area (Å²) in [7, 11) is -2.25. The monoisotopic (exact) mass is 420 g/mol. The van der Waals surface area contributed by atoms with Gasteiger partial charge in [0.15, 0.2) is 0 Å². The van der Waals surface area contributed by atoms with Crippen molar-refractivity contribution in [2.45, 2.75) is 46.0 Å². The molecule has 0 aromatic heterocycles. The molecule has 0 spiro atoms. The van der Waals surface area contributed by atoms with Crippen molar-refractivity contribution in [2.24, 2.45) is 16.7 Å². The molecule has 2 atom stereocenters. The number of carbonyl (C=O) groups is 2. The molecule has 29 heavy (non-hydrogen) atoms. The van der Waals surface area contributed by atoms with Crippen LogP contribution in [-0.2, 0) is 19.6 Å². The van der Waals surface area contributed by atoms with Crippen molar-refractivity contribution in [2.75, 3.05) is 29.0 Å². The number of carbonyl (C=O) groups excluding carboxylic acids is 2. The molecule has 4 rings (SSSR count). The lowest BCUT2D eigenvalue weighted by atomic mass is 9.70. The number of methoxy groups -OCH3 is 1. The Morgan fingerprint density at radius 1 is 1.28 bits per heavy atom. The first-order chi connectivity index (χ1) is 13.6. The fourth-order valence-corrected chi connectivity index (χ4v) is 7.40. The molecular formula is C21H28N2O5S. The highest BCUT2D eigenvalue weighted by Gasteiger charge is 2.65. The van der Waals surface area contributed by atoms with Crippen LogP contribution in [-0.4, -0.2) is 39.5 Å². The van der Waals surface area contributed by atoms with Gasteiger partial charge in [-0.15, -0.1) is 0 Å². The largest absolute Gasteiger partial charge is 0.494 e. The quantitative estimate of drug-likeness (QED) is 0.764. The van der Waals surface area contributed by atoms with E-state index in [1.165, 1.54) is 7.11 Å². The van der Waals surface area contributed by atoms with Gasteiger partial charge in [0.1, 0.15) is 11.5 Å². The maximum Gasteiger partial charge on any atom is 0.233 e. The van der Waals surface area contributed by atoms with Crippen LogP contribution >= 0.6 is 0 Å². The zero-order chi connectivity index (χ0) is 21.0. The number of Topliss-reactive ketones (excluding diaryl/α,β-unsaturated/α-hetero) is 1. The molecule has 0 radical (unpaired) electrons. The molecule has 2 bridgehead atoms. The van der Waals surface area contributed by atoms with E-state index in [-0.39, 0.29) is 28.8 Å². The second kappa shape index (κ2) is 6.72. The predicted molar refractivity (Wildman–Crippen MR) is 111 cm³/mol. The molecule has 7 nitrogen and oxygen atoms in total. The van der Waals surface area contributed by atoms with E-state index in [0.717, 1.165) is 12.8 Å². The lowest BCUT2D eigenvalue weighted by Crippen LogP contribution is -2.43. The first kappa shape index (κ1) is 20.2. The molecule has 1 saturated heterocycles. The molecule has 158 valence electrons. The van der Waals surface area contributed by atoms with Crippen LogP contribution in [0.15, 0.2) is 18.2 Å². The van der Waals surface area contributed by atoms with E-state index in [1.807, 2.05) is 13.8 Å². The SMILES string of the molecule is COc1cc(NS(=O)(=O)C[C@]23CC[C@@H](CC2=O)C3(C)C)ccc1N1CCCC1=O. The van der Waals surface area contributed by atoms with Crippen LogP contribution in [0.25, 0.3) is 0 Å². The van der Waals surface area contributed by atoms with Crippen LogP contribution in [0.4, 0.5) is 11.4 Å². The normalized spacial score (nSPS) is 28.2. The number of amides is 1. The molecule has 1 aliphatic heterocycles. The molecule has 1 aromatic rings. The van der Waals surface area contributed by atoms with E-state index in [2.05, 4.69) is 4.72 Å². The standard InChI is InChI=1S/C21H28N2O5S/c1-20(2)14-8-9-21(20,18(24)11-14)13-29(26,27)22-15-6-7-16(17(12-15)28-3)23-10-4-5-19(23)25/h6-7,12,14,22H,4-5,8-11,13H2,1-3H3/t14-,21+/m0/s1. The minimum atomic E-state index is -3.74. The smallest absolute Gasteiger partial charge is 0.233 e. The Morgan fingerprint density at radius 3 is 2.59 bits per heavy atom. The Kier molecular flexibility index (Phi) is 4.68. The van der Waals surface area contributed by atoms with Crippen LogP contribution in [0.3, 0.4) is 0 Å². The van der Waals surface area contributed by atoms with Gasteiger partial charge >= 0.3 is 0 Å². The van der Waals surface area contributed by atoms with E-state index in [4.69, 9.17) is 4.74 Å². The summed E-state index contributed by atoms with van der Waals surface area (Å²) in [5, 5.41) is 0. The van der Waals surface area contributed by atoms with Crippen molar-refractivity contribution in [1.29, 1.82) is 0 Å². The van der Waals surface area contributed by atoms with Crippen LogP contribution in [0.1, 0.15) is 46.0 Å². The van der Waals surface area contributed by atoms with E-state index in [0.29, 0.717) is 42.9 Å². The molecule has 1 N–H and O–H groups in total. The van der Waals surface area contributed by atoms with Gasteiger partial charge < -0.3 is 9.64 Å². The summed E-state index contributed by atoms with van der Waals surface area (Å²) in [6, 6.07) is 4.93. The fourth-order valence-electron chi connectivity index (χ4n) is 5.52. The molecule has 3 aliphatic rings. The fraction of sp³-hybridized carbons (Fsp3) is 0.619. The lowest BCUT2D eigenvalue weighted by Gasteiger charge is -2.36. The molecule has 0 unspecified atom stereocenters. The predicted octanol–water partition coefficient (Wildman–Crippen LogP) is 2.96. The Bertz CT molecular complexity index is 971. The van der Waals surface area contributed by atoms with Gasteiger partial charge in [-0.05, 0) is 42.7 Å². The Morgan fingerprint density at radius 2 is 2.03 bits per heavy atom. The molecule has 1 aromatic carbocycles. The number of nitrogens with zero attached hydrogens (tertiary/aromatic N) is 1. The molecule has 2 saturated carbocycles. The van der Waals surface area contributed by atoms with Crippen molar-refractivity contribution < 1.29 is 22.7 Å². The van der Waals surface area contributed by atoms with Crippen LogP contribution in [0.5, 0.6) is 5.75 Å². The lowest BCUT2D eigenvalue weighted by molar-refractivity contribution is -0.128. The van der Waals surface area contributed by atoms with Crippen LogP contribution in [0, 0.1) is 16.7 Å². The van der Waals surface area contributed by atoms with Gasteiger partial charge in [0.05, 0.1) is 29.7 Å². The van der Waals surface area contributed by atoms with Gasteiger partial charge in [-0.3, -0.25) is 14.3 Å². The summed E-state index contributed by atoms with van der Waals surface area (Å²) in [6.07, 6.45) is 3.31. The van der Waals surface area contributed by atoms with E-state index >= 15 is 0 Å². The number of hydrogen-bond donors (Lipinski definition) is 1. The Labute approximate surface area is 171 Å².